The second-order valence-corrected chi connectivity index (χ2v) is 6.11. The van der Waals surface area contributed by atoms with Crippen molar-refractivity contribution in [2.75, 3.05) is 24.4 Å². The molecule has 1 aliphatic heterocycles. The smallest absolute Gasteiger partial charge is 0.302 e. The van der Waals surface area contributed by atoms with Crippen LogP contribution in [0.3, 0.4) is 0 Å². The first kappa shape index (κ1) is 14.0. The molecule has 19 heavy (non-hydrogen) atoms. The van der Waals surface area contributed by atoms with Crippen molar-refractivity contribution in [2.45, 2.75) is 12.8 Å². The molecule has 0 amide bonds. The van der Waals surface area contributed by atoms with Crippen LogP contribution in [0.25, 0.3) is 0 Å². The van der Waals surface area contributed by atoms with Gasteiger partial charge >= 0.3 is 10.2 Å². The Balaban J connectivity index is 2.03. The second-order valence-electron chi connectivity index (χ2n) is 4.44. The number of hydrogen-bond acceptors (Lipinski definition) is 5. The summed E-state index contributed by atoms with van der Waals surface area (Å²) in [7, 11) is -3.66. The van der Waals surface area contributed by atoms with E-state index >= 15 is 0 Å². The summed E-state index contributed by atoms with van der Waals surface area (Å²) in [6.45, 7) is 0.816. The van der Waals surface area contributed by atoms with Crippen LogP contribution in [-0.2, 0) is 10.2 Å². The minimum atomic E-state index is -3.66. The molecule has 0 radical (unpaired) electrons. The van der Waals surface area contributed by atoms with Gasteiger partial charge in [0, 0.05) is 25.8 Å². The van der Waals surface area contributed by atoms with Gasteiger partial charge in [-0.15, -0.1) is 0 Å². The van der Waals surface area contributed by atoms with Crippen LogP contribution in [0.4, 0.5) is 5.82 Å². The molecule has 106 valence electrons. The topological polar surface area (TPSA) is 115 Å². The molecule has 1 aromatic rings. The zero-order valence-electron chi connectivity index (χ0n) is 10.2. The Morgan fingerprint density at radius 3 is 2.63 bits per heavy atom. The number of aliphatic hydroxyl groups excluding tert-OH is 1. The SMILES string of the molecule is O=c1ccc(NS(=O)(=O)N2CCC(CO)CC2)n[nH]1. The fraction of sp³-hybridized carbons (Fsp3) is 0.600. The van der Waals surface area contributed by atoms with Gasteiger partial charge in [-0.1, -0.05) is 0 Å². The molecule has 8 nitrogen and oxygen atoms in total. The molecule has 0 atom stereocenters. The van der Waals surface area contributed by atoms with Gasteiger partial charge in [0.2, 0.25) is 0 Å². The third kappa shape index (κ3) is 3.52. The highest BCUT2D eigenvalue weighted by Gasteiger charge is 2.27. The first-order chi connectivity index (χ1) is 9.01. The number of aromatic nitrogens is 2. The maximum Gasteiger partial charge on any atom is 0.302 e. The first-order valence-corrected chi connectivity index (χ1v) is 7.40. The van der Waals surface area contributed by atoms with Gasteiger partial charge in [-0.25, -0.2) is 5.10 Å². The van der Waals surface area contributed by atoms with Crippen LogP contribution in [0, 0.1) is 5.92 Å². The van der Waals surface area contributed by atoms with Crippen molar-refractivity contribution < 1.29 is 13.5 Å². The van der Waals surface area contributed by atoms with Crippen molar-refractivity contribution >= 4 is 16.0 Å². The van der Waals surface area contributed by atoms with Gasteiger partial charge in [-0.2, -0.15) is 17.8 Å². The molecular weight excluding hydrogens is 272 g/mol. The molecule has 2 rings (SSSR count). The van der Waals surface area contributed by atoms with Gasteiger partial charge in [-0.3, -0.25) is 9.52 Å². The Morgan fingerprint density at radius 2 is 2.11 bits per heavy atom. The van der Waals surface area contributed by atoms with Crippen LogP contribution in [0.1, 0.15) is 12.8 Å². The van der Waals surface area contributed by atoms with Crippen LogP contribution in [-0.4, -0.2) is 47.7 Å². The van der Waals surface area contributed by atoms with E-state index in [9.17, 15) is 13.2 Å². The summed E-state index contributed by atoms with van der Waals surface area (Å²) in [5, 5.41) is 14.8. The molecule has 9 heteroatoms. The highest BCUT2D eigenvalue weighted by Crippen LogP contribution is 2.19. The lowest BCUT2D eigenvalue weighted by molar-refractivity contribution is 0.170. The van der Waals surface area contributed by atoms with E-state index in [4.69, 9.17) is 5.11 Å². The van der Waals surface area contributed by atoms with Crippen LogP contribution in [0.2, 0.25) is 0 Å². The molecule has 3 N–H and O–H groups in total. The molecule has 1 saturated heterocycles. The molecule has 0 spiro atoms. The van der Waals surface area contributed by atoms with E-state index < -0.39 is 15.8 Å². The van der Waals surface area contributed by atoms with E-state index in [1.165, 1.54) is 16.4 Å². The van der Waals surface area contributed by atoms with Crippen LogP contribution >= 0.6 is 0 Å². The number of H-pyrrole nitrogens is 1. The van der Waals surface area contributed by atoms with Gasteiger partial charge < -0.3 is 5.11 Å². The predicted molar refractivity (Wildman–Crippen MR) is 68.8 cm³/mol. The minimum absolute atomic E-state index is 0.0730. The molecule has 0 aliphatic carbocycles. The zero-order chi connectivity index (χ0) is 13.9. The molecule has 1 fully saturated rings. The lowest BCUT2D eigenvalue weighted by Crippen LogP contribution is -2.42. The highest BCUT2D eigenvalue weighted by molar-refractivity contribution is 7.90. The van der Waals surface area contributed by atoms with Crippen LogP contribution in [0.5, 0.6) is 0 Å². The summed E-state index contributed by atoms with van der Waals surface area (Å²) >= 11 is 0. The Kier molecular flexibility index (Phi) is 4.17. The van der Waals surface area contributed by atoms with Crippen molar-refractivity contribution in [3.63, 3.8) is 0 Å². The van der Waals surface area contributed by atoms with E-state index in [-0.39, 0.29) is 18.3 Å². The molecule has 2 heterocycles. The Morgan fingerprint density at radius 1 is 1.42 bits per heavy atom. The number of rotatable bonds is 4. The first-order valence-electron chi connectivity index (χ1n) is 5.96. The van der Waals surface area contributed by atoms with E-state index in [1.54, 1.807) is 0 Å². The fourth-order valence-electron chi connectivity index (χ4n) is 1.93. The van der Waals surface area contributed by atoms with Crippen LogP contribution in [0.15, 0.2) is 16.9 Å². The minimum Gasteiger partial charge on any atom is -0.396 e. The zero-order valence-corrected chi connectivity index (χ0v) is 11.1. The fourth-order valence-corrected chi connectivity index (χ4v) is 3.13. The lowest BCUT2D eigenvalue weighted by Gasteiger charge is -2.30. The third-order valence-corrected chi connectivity index (χ3v) is 4.60. The standard InChI is InChI=1S/C10H16N4O4S/c15-7-8-3-5-14(6-4-8)19(17,18)13-9-1-2-10(16)12-11-9/h1-2,8,15H,3-7H2,(H,11,13)(H,12,16). The van der Waals surface area contributed by atoms with Gasteiger partial charge in [0.15, 0.2) is 5.82 Å². The second kappa shape index (κ2) is 5.68. The van der Waals surface area contributed by atoms with Crippen molar-refractivity contribution in [1.82, 2.24) is 14.5 Å². The van der Waals surface area contributed by atoms with E-state index in [2.05, 4.69) is 14.9 Å². The summed E-state index contributed by atoms with van der Waals surface area (Å²) in [5.74, 6) is 0.238. The summed E-state index contributed by atoms with van der Waals surface area (Å²) in [4.78, 5) is 10.8. The maximum atomic E-state index is 12.1. The third-order valence-electron chi connectivity index (χ3n) is 3.08. The van der Waals surface area contributed by atoms with E-state index in [0.29, 0.717) is 25.9 Å². The largest absolute Gasteiger partial charge is 0.396 e. The predicted octanol–water partition coefficient (Wildman–Crippen LogP) is -0.869. The monoisotopic (exact) mass is 288 g/mol. The van der Waals surface area contributed by atoms with Crippen LogP contribution < -0.4 is 10.3 Å². The normalized spacial score (nSPS) is 18.4. The Bertz CT molecular complexity index is 557. The summed E-state index contributed by atoms with van der Waals surface area (Å²) in [6, 6.07) is 2.50. The lowest BCUT2D eigenvalue weighted by atomic mass is 10.00. The Labute approximate surface area is 110 Å². The van der Waals surface area contributed by atoms with Crippen molar-refractivity contribution in [3.05, 3.63) is 22.5 Å². The molecule has 0 bridgehead atoms. The number of aliphatic hydroxyl groups is 1. The number of aromatic amines is 1. The van der Waals surface area contributed by atoms with Gasteiger partial charge in [0.05, 0.1) is 0 Å². The molecule has 0 saturated carbocycles. The van der Waals surface area contributed by atoms with Crippen molar-refractivity contribution in [3.8, 4) is 0 Å². The molecular formula is C10H16N4O4S. The highest BCUT2D eigenvalue weighted by atomic mass is 32.2. The van der Waals surface area contributed by atoms with Gasteiger partial charge in [-0.05, 0) is 24.8 Å². The average molecular weight is 288 g/mol. The average Bonchev–Trinajstić information content (AvgIpc) is 2.41. The Hall–Kier alpha value is -1.45. The number of anilines is 1. The number of nitrogens with one attached hydrogen (secondary N) is 2. The number of hydrogen-bond donors (Lipinski definition) is 3. The quantitative estimate of drug-likeness (QED) is 0.666. The summed E-state index contributed by atoms with van der Waals surface area (Å²) < 4.78 is 27.7. The van der Waals surface area contributed by atoms with Crippen molar-refractivity contribution in [1.29, 1.82) is 0 Å². The van der Waals surface area contributed by atoms with E-state index in [0.717, 1.165) is 0 Å². The number of piperidine rings is 1. The van der Waals surface area contributed by atoms with Crippen molar-refractivity contribution in [2.24, 2.45) is 5.92 Å². The number of nitrogens with zero attached hydrogens (tertiary/aromatic N) is 2. The van der Waals surface area contributed by atoms with Gasteiger partial charge in [0.1, 0.15) is 0 Å². The molecule has 0 unspecified atom stereocenters. The molecule has 1 aromatic heterocycles. The molecule has 0 aromatic carbocycles. The molecule has 1 aliphatic rings. The van der Waals surface area contributed by atoms with Gasteiger partial charge in [0.25, 0.3) is 5.56 Å². The summed E-state index contributed by atoms with van der Waals surface area (Å²) in [5.41, 5.74) is -0.397. The summed E-state index contributed by atoms with van der Waals surface area (Å²) in [6.07, 6.45) is 1.27. The maximum absolute atomic E-state index is 12.1. The van der Waals surface area contributed by atoms with E-state index in [1.807, 2.05) is 0 Å².